The Morgan fingerprint density at radius 1 is 1.57 bits per heavy atom. The fourth-order valence-electron chi connectivity index (χ4n) is 1.23. The van der Waals surface area contributed by atoms with Gasteiger partial charge in [-0.05, 0) is 24.1 Å². The molecule has 0 radical (unpaired) electrons. The van der Waals surface area contributed by atoms with Crippen LogP contribution in [0.4, 0.5) is 4.39 Å². The largest absolute Gasteiger partial charge is 0.370 e. The van der Waals surface area contributed by atoms with E-state index in [0.29, 0.717) is 5.56 Å². The van der Waals surface area contributed by atoms with Gasteiger partial charge in [0, 0.05) is 12.5 Å². The zero-order valence-electron chi connectivity index (χ0n) is 7.96. The monoisotopic (exact) mass is 196 g/mol. The highest BCUT2D eigenvalue weighted by Crippen LogP contribution is 2.16. The predicted molar refractivity (Wildman–Crippen MR) is 51.9 cm³/mol. The molecule has 0 spiro atoms. The fraction of sp³-hybridized carbons (Fsp3) is 0.300. The second kappa shape index (κ2) is 4.19. The minimum atomic E-state index is -0.459. The molecule has 0 saturated carbocycles. The summed E-state index contributed by atoms with van der Waals surface area (Å²) in [6.07, 6.45) is 0.0745. The normalized spacial score (nSPS) is 12.5. The fourth-order valence-corrected chi connectivity index (χ4v) is 1.23. The Labute approximate surface area is 81.9 Å². The van der Waals surface area contributed by atoms with Gasteiger partial charge in [0.1, 0.15) is 5.82 Å². The van der Waals surface area contributed by atoms with Crippen LogP contribution in [-0.2, 0) is 4.79 Å². The van der Waals surface area contributed by atoms with E-state index in [9.17, 15) is 9.18 Å². The van der Waals surface area contributed by atoms with E-state index in [4.69, 9.17) is 11.5 Å². The topological polar surface area (TPSA) is 69.1 Å². The molecule has 1 amide bonds. The number of hydrogen-bond acceptors (Lipinski definition) is 2. The molecule has 3 nitrogen and oxygen atoms in total. The Morgan fingerprint density at radius 2 is 2.21 bits per heavy atom. The van der Waals surface area contributed by atoms with Crippen molar-refractivity contribution < 1.29 is 9.18 Å². The van der Waals surface area contributed by atoms with Gasteiger partial charge in [-0.2, -0.15) is 0 Å². The van der Waals surface area contributed by atoms with Crippen LogP contribution < -0.4 is 11.5 Å². The number of hydrogen-bond donors (Lipinski definition) is 2. The van der Waals surface area contributed by atoms with Crippen LogP contribution in [0.25, 0.3) is 0 Å². The maximum Gasteiger partial charge on any atom is 0.219 e. The standard InChI is InChI=1S/C10H13FN2O/c1-6-4-7(2-3-8(6)11)9(12)5-10(13)14/h2-4,9H,5,12H2,1H3,(H2,13,14)/t9-/m1/s1. The average Bonchev–Trinajstić information content (AvgIpc) is 2.08. The van der Waals surface area contributed by atoms with Crippen molar-refractivity contribution in [2.45, 2.75) is 19.4 Å². The summed E-state index contributed by atoms with van der Waals surface area (Å²) in [4.78, 5) is 10.6. The highest BCUT2D eigenvalue weighted by Gasteiger charge is 2.10. The van der Waals surface area contributed by atoms with Crippen molar-refractivity contribution >= 4 is 5.91 Å². The second-order valence-corrected chi connectivity index (χ2v) is 3.29. The van der Waals surface area contributed by atoms with Crippen molar-refractivity contribution in [1.82, 2.24) is 0 Å². The number of carbonyl (C=O) groups is 1. The molecule has 76 valence electrons. The number of carbonyl (C=O) groups excluding carboxylic acids is 1. The van der Waals surface area contributed by atoms with E-state index in [0.717, 1.165) is 5.56 Å². The number of amides is 1. The first-order valence-electron chi connectivity index (χ1n) is 4.30. The minimum Gasteiger partial charge on any atom is -0.370 e. The average molecular weight is 196 g/mol. The summed E-state index contributed by atoms with van der Waals surface area (Å²) in [6, 6.07) is 4.08. The third kappa shape index (κ3) is 2.53. The zero-order valence-corrected chi connectivity index (χ0v) is 7.96. The maximum atomic E-state index is 12.9. The molecule has 0 bridgehead atoms. The summed E-state index contributed by atoms with van der Waals surface area (Å²) in [7, 11) is 0. The molecule has 0 aliphatic rings. The summed E-state index contributed by atoms with van der Waals surface area (Å²) < 4.78 is 12.9. The molecule has 4 heteroatoms. The summed E-state index contributed by atoms with van der Waals surface area (Å²) in [6.45, 7) is 1.65. The van der Waals surface area contributed by atoms with Gasteiger partial charge in [-0.1, -0.05) is 12.1 Å². The van der Waals surface area contributed by atoms with Crippen LogP contribution in [-0.4, -0.2) is 5.91 Å². The molecule has 14 heavy (non-hydrogen) atoms. The SMILES string of the molecule is Cc1cc([C@H](N)CC(N)=O)ccc1F. The van der Waals surface area contributed by atoms with E-state index in [1.54, 1.807) is 19.1 Å². The first-order valence-corrected chi connectivity index (χ1v) is 4.30. The van der Waals surface area contributed by atoms with E-state index in [1.807, 2.05) is 0 Å². The number of nitrogens with two attached hydrogens (primary N) is 2. The van der Waals surface area contributed by atoms with Crippen LogP contribution in [0.15, 0.2) is 18.2 Å². The van der Waals surface area contributed by atoms with E-state index in [-0.39, 0.29) is 12.2 Å². The molecule has 0 unspecified atom stereocenters. The molecule has 0 heterocycles. The van der Waals surface area contributed by atoms with Crippen LogP contribution >= 0.6 is 0 Å². The second-order valence-electron chi connectivity index (χ2n) is 3.29. The van der Waals surface area contributed by atoms with Crippen LogP contribution in [0.5, 0.6) is 0 Å². The number of benzene rings is 1. The molecule has 1 aromatic carbocycles. The Morgan fingerprint density at radius 3 is 2.71 bits per heavy atom. The van der Waals surface area contributed by atoms with Gasteiger partial charge in [-0.3, -0.25) is 4.79 Å². The molecule has 1 aromatic rings. The number of rotatable bonds is 3. The molecule has 0 aliphatic carbocycles. The molecular weight excluding hydrogens is 183 g/mol. The summed E-state index contributed by atoms with van der Waals surface area (Å²) in [5, 5.41) is 0. The van der Waals surface area contributed by atoms with Crippen LogP contribution in [0.3, 0.4) is 0 Å². The molecule has 0 fully saturated rings. The van der Waals surface area contributed by atoms with Crippen LogP contribution in [0, 0.1) is 12.7 Å². The Kier molecular flexibility index (Phi) is 3.19. The zero-order chi connectivity index (χ0) is 10.7. The van der Waals surface area contributed by atoms with E-state index < -0.39 is 11.9 Å². The van der Waals surface area contributed by atoms with Gasteiger partial charge < -0.3 is 11.5 Å². The van der Waals surface area contributed by atoms with Crippen LogP contribution in [0.2, 0.25) is 0 Å². The first kappa shape index (κ1) is 10.7. The van der Waals surface area contributed by atoms with Crippen molar-refractivity contribution in [2.24, 2.45) is 11.5 Å². The summed E-state index contributed by atoms with van der Waals surface area (Å²) in [5.41, 5.74) is 11.9. The predicted octanol–water partition coefficient (Wildman–Crippen LogP) is 1.01. The van der Waals surface area contributed by atoms with E-state index >= 15 is 0 Å². The van der Waals surface area contributed by atoms with Crippen molar-refractivity contribution in [3.63, 3.8) is 0 Å². The van der Waals surface area contributed by atoms with Crippen LogP contribution in [0.1, 0.15) is 23.6 Å². The van der Waals surface area contributed by atoms with Gasteiger partial charge in [-0.25, -0.2) is 4.39 Å². The Bertz CT molecular complexity index is 352. The third-order valence-electron chi connectivity index (χ3n) is 2.03. The van der Waals surface area contributed by atoms with Gasteiger partial charge >= 0.3 is 0 Å². The number of primary amides is 1. The molecule has 1 rings (SSSR count). The summed E-state index contributed by atoms with van der Waals surface area (Å²) in [5.74, 6) is -0.737. The van der Waals surface area contributed by atoms with E-state index in [2.05, 4.69) is 0 Å². The van der Waals surface area contributed by atoms with Crippen molar-refractivity contribution in [2.75, 3.05) is 0 Å². The third-order valence-corrected chi connectivity index (χ3v) is 2.03. The lowest BCUT2D eigenvalue weighted by atomic mass is 10.0. The first-order chi connectivity index (χ1) is 6.50. The van der Waals surface area contributed by atoms with Gasteiger partial charge in [0.05, 0.1) is 0 Å². The Balaban J connectivity index is 2.85. The quantitative estimate of drug-likeness (QED) is 0.757. The van der Waals surface area contributed by atoms with Crippen molar-refractivity contribution in [1.29, 1.82) is 0 Å². The van der Waals surface area contributed by atoms with Gasteiger partial charge in [0.25, 0.3) is 0 Å². The maximum absolute atomic E-state index is 12.9. The number of aryl methyl sites for hydroxylation is 1. The Hall–Kier alpha value is -1.42. The molecule has 1 atom stereocenters. The molecule has 0 aromatic heterocycles. The highest BCUT2D eigenvalue weighted by molar-refractivity contribution is 5.74. The molecular formula is C10H13FN2O. The summed E-state index contributed by atoms with van der Waals surface area (Å²) >= 11 is 0. The van der Waals surface area contributed by atoms with Crippen molar-refractivity contribution in [3.05, 3.63) is 35.1 Å². The molecule has 0 saturated heterocycles. The minimum absolute atomic E-state index is 0.0745. The van der Waals surface area contributed by atoms with Gasteiger partial charge in [0.15, 0.2) is 0 Å². The molecule has 0 aliphatic heterocycles. The van der Waals surface area contributed by atoms with Crippen molar-refractivity contribution in [3.8, 4) is 0 Å². The smallest absolute Gasteiger partial charge is 0.219 e. The lowest BCUT2D eigenvalue weighted by Gasteiger charge is -2.10. The lowest BCUT2D eigenvalue weighted by molar-refractivity contribution is -0.118. The number of halogens is 1. The lowest BCUT2D eigenvalue weighted by Crippen LogP contribution is -2.20. The van der Waals surface area contributed by atoms with Gasteiger partial charge in [-0.15, -0.1) is 0 Å². The molecule has 4 N–H and O–H groups in total. The van der Waals surface area contributed by atoms with Gasteiger partial charge in [0.2, 0.25) is 5.91 Å². The van der Waals surface area contributed by atoms with E-state index in [1.165, 1.54) is 6.07 Å². The highest BCUT2D eigenvalue weighted by atomic mass is 19.1.